The van der Waals surface area contributed by atoms with Gasteiger partial charge in [-0.1, -0.05) is 32.9 Å². The number of fused-ring (bicyclic) bond motifs is 2. The van der Waals surface area contributed by atoms with E-state index in [2.05, 4.69) is 41.6 Å². The van der Waals surface area contributed by atoms with Crippen molar-refractivity contribution < 1.29 is 9.53 Å². The molecule has 40 heavy (non-hydrogen) atoms. The van der Waals surface area contributed by atoms with Crippen molar-refractivity contribution in [2.45, 2.75) is 52.0 Å². The molecule has 2 atom stereocenters. The number of hydrogen-bond acceptors (Lipinski definition) is 7. The van der Waals surface area contributed by atoms with E-state index in [1.54, 1.807) is 25.4 Å². The molecule has 2 saturated heterocycles. The Kier molecular flexibility index (Phi) is 7.47. The molecule has 2 N–H and O–H groups in total. The molecule has 8 nitrogen and oxygen atoms in total. The van der Waals surface area contributed by atoms with Crippen LogP contribution in [0, 0.1) is 17.2 Å². The van der Waals surface area contributed by atoms with Crippen molar-refractivity contribution in [2.75, 3.05) is 32.1 Å². The summed E-state index contributed by atoms with van der Waals surface area (Å²) in [6.45, 7) is 6.94. The molecular weight excluding hydrogens is 524 g/mol. The van der Waals surface area contributed by atoms with Gasteiger partial charge in [0.15, 0.2) is 0 Å². The molecule has 3 aromatic rings. The van der Waals surface area contributed by atoms with Crippen molar-refractivity contribution in [3.63, 3.8) is 0 Å². The number of benzene rings is 2. The number of halogens is 1. The van der Waals surface area contributed by atoms with Crippen molar-refractivity contribution in [3.05, 3.63) is 63.8 Å². The monoisotopic (exact) mass is 558 g/mol. The molecule has 2 aliphatic heterocycles. The van der Waals surface area contributed by atoms with Gasteiger partial charge in [-0.05, 0) is 72.1 Å². The van der Waals surface area contributed by atoms with Gasteiger partial charge in [-0.3, -0.25) is 4.79 Å². The molecule has 9 heteroatoms. The van der Waals surface area contributed by atoms with Crippen LogP contribution in [0.4, 0.5) is 11.6 Å². The van der Waals surface area contributed by atoms with E-state index in [-0.39, 0.29) is 24.8 Å². The van der Waals surface area contributed by atoms with Crippen LogP contribution in [0.15, 0.2) is 36.5 Å². The second kappa shape index (κ2) is 10.7. The molecule has 2 aromatic carbocycles. The van der Waals surface area contributed by atoms with Gasteiger partial charge in [0.25, 0.3) is 5.91 Å². The highest BCUT2D eigenvalue weighted by Crippen LogP contribution is 2.42. The number of amides is 1. The molecule has 1 aliphatic carbocycles. The SMILES string of the molecule is C.COc1cc(C(=O)N2CCC3CNCC32)c(Cl)cc1Nc1nccc(-c2cc(C#N)c3c(c2)C(C)(C)CC3)n1. The summed E-state index contributed by atoms with van der Waals surface area (Å²) in [7, 11) is 1.56. The largest absolute Gasteiger partial charge is 0.495 e. The zero-order valence-electron chi connectivity index (χ0n) is 22.3. The van der Waals surface area contributed by atoms with Crippen LogP contribution in [0.5, 0.6) is 5.75 Å². The van der Waals surface area contributed by atoms with Crippen molar-refractivity contribution in [1.29, 1.82) is 5.26 Å². The summed E-state index contributed by atoms with van der Waals surface area (Å²) in [5.41, 5.74) is 5.63. The van der Waals surface area contributed by atoms with E-state index in [9.17, 15) is 10.1 Å². The molecule has 0 spiro atoms. The number of methoxy groups -OCH3 is 1. The lowest BCUT2D eigenvalue weighted by Crippen LogP contribution is -2.39. The second-order valence-corrected chi connectivity index (χ2v) is 11.6. The molecule has 2 fully saturated rings. The number of nitrogens with zero attached hydrogens (tertiary/aromatic N) is 4. The lowest BCUT2D eigenvalue weighted by atomic mass is 9.84. The quantitative estimate of drug-likeness (QED) is 0.413. The summed E-state index contributed by atoms with van der Waals surface area (Å²) in [5.74, 6) is 1.26. The zero-order chi connectivity index (χ0) is 27.3. The highest BCUT2D eigenvalue weighted by atomic mass is 35.5. The van der Waals surface area contributed by atoms with Crippen LogP contribution in [0.1, 0.15) is 61.2 Å². The average Bonchev–Trinajstić information content (AvgIpc) is 3.63. The van der Waals surface area contributed by atoms with Crippen LogP contribution in [0.25, 0.3) is 11.3 Å². The van der Waals surface area contributed by atoms with Crippen molar-refractivity contribution in [3.8, 4) is 23.1 Å². The minimum atomic E-state index is -0.0767. The van der Waals surface area contributed by atoms with Gasteiger partial charge < -0.3 is 20.3 Å². The molecular formula is C31H35ClN6O2. The Labute approximate surface area is 240 Å². The Hall–Kier alpha value is -3.67. The van der Waals surface area contributed by atoms with E-state index in [0.29, 0.717) is 45.1 Å². The van der Waals surface area contributed by atoms with E-state index in [1.807, 2.05) is 17.0 Å². The summed E-state index contributed by atoms with van der Waals surface area (Å²) >= 11 is 6.65. The van der Waals surface area contributed by atoms with Crippen LogP contribution < -0.4 is 15.4 Å². The predicted molar refractivity (Wildman–Crippen MR) is 157 cm³/mol. The van der Waals surface area contributed by atoms with Gasteiger partial charge in [0.2, 0.25) is 5.95 Å². The van der Waals surface area contributed by atoms with Crippen molar-refractivity contribution in [2.24, 2.45) is 5.92 Å². The number of likely N-dealkylation sites (tertiary alicyclic amines) is 1. The molecule has 2 unspecified atom stereocenters. The summed E-state index contributed by atoms with van der Waals surface area (Å²) in [4.78, 5) is 24.5. The number of carbonyl (C=O) groups excluding carboxylic acids is 1. The molecule has 0 saturated carbocycles. The first-order valence-corrected chi connectivity index (χ1v) is 13.7. The van der Waals surface area contributed by atoms with E-state index in [1.165, 1.54) is 5.56 Å². The van der Waals surface area contributed by atoms with Gasteiger partial charge in [0.05, 0.1) is 40.7 Å². The number of carbonyl (C=O) groups is 1. The molecule has 1 amide bonds. The Balaban J connectivity index is 0.00000323. The van der Waals surface area contributed by atoms with Crippen LogP contribution in [0.2, 0.25) is 5.02 Å². The molecule has 3 aliphatic rings. The Bertz CT molecular complexity index is 1510. The first-order valence-electron chi connectivity index (χ1n) is 13.4. The normalized spacial score (nSPS) is 20.3. The number of nitriles is 1. The van der Waals surface area contributed by atoms with Gasteiger partial charge in [-0.25, -0.2) is 9.97 Å². The van der Waals surface area contributed by atoms with Gasteiger partial charge >= 0.3 is 0 Å². The van der Waals surface area contributed by atoms with Crippen LogP contribution >= 0.6 is 11.6 Å². The highest BCUT2D eigenvalue weighted by Gasteiger charge is 2.40. The molecule has 0 bridgehead atoms. The minimum absolute atomic E-state index is 0. The zero-order valence-corrected chi connectivity index (χ0v) is 23.1. The summed E-state index contributed by atoms with van der Waals surface area (Å²) < 4.78 is 5.64. The average molecular weight is 559 g/mol. The van der Waals surface area contributed by atoms with E-state index < -0.39 is 0 Å². The maximum Gasteiger partial charge on any atom is 0.255 e. The third-order valence-electron chi connectivity index (χ3n) is 8.52. The van der Waals surface area contributed by atoms with Crippen LogP contribution in [-0.4, -0.2) is 53.6 Å². The number of aromatic nitrogens is 2. The number of nitrogens with one attached hydrogen (secondary N) is 2. The first-order chi connectivity index (χ1) is 18.8. The van der Waals surface area contributed by atoms with E-state index >= 15 is 0 Å². The molecule has 0 radical (unpaired) electrons. The maximum absolute atomic E-state index is 13.4. The standard InChI is InChI=1S/C30H31ClN6O2.CH4/c1-30(2)7-4-20-19(14-32)10-18(11-22(20)30)24-5-8-34-29(35-24)36-25-13-23(31)21(12-27(25)39-3)28(38)37-9-6-17-15-33-16-26(17)37;/h5,8,10-13,17,26,33H,4,6-7,9,15-16H2,1-3H3,(H,34,35,36);1H4. The highest BCUT2D eigenvalue weighted by molar-refractivity contribution is 6.34. The fourth-order valence-electron chi connectivity index (χ4n) is 6.31. The Morgan fingerprint density at radius 2 is 2.10 bits per heavy atom. The molecule has 1 aromatic heterocycles. The number of hydrogen-bond donors (Lipinski definition) is 2. The lowest BCUT2D eigenvalue weighted by Gasteiger charge is -2.24. The molecule has 6 rings (SSSR count). The van der Waals surface area contributed by atoms with Crippen LogP contribution in [-0.2, 0) is 11.8 Å². The second-order valence-electron chi connectivity index (χ2n) is 11.2. The van der Waals surface area contributed by atoms with Gasteiger partial charge in [0.1, 0.15) is 5.75 Å². The smallest absolute Gasteiger partial charge is 0.255 e. The number of ether oxygens (including phenoxy) is 1. The van der Waals surface area contributed by atoms with Crippen molar-refractivity contribution in [1.82, 2.24) is 20.2 Å². The summed E-state index contributed by atoms with van der Waals surface area (Å²) in [6, 6.07) is 11.9. The minimum Gasteiger partial charge on any atom is -0.495 e. The Morgan fingerprint density at radius 3 is 2.88 bits per heavy atom. The first kappa shape index (κ1) is 27.9. The summed E-state index contributed by atoms with van der Waals surface area (Å²) in [6.07, 6.45) is 4.62. The van der Waals surface area contributed by atoms with Crippen molar-refractivity contribution >= 4 is 29.1 Å². The third kappa shape index (κ3) is 4.78. The molecule has 3 heterocycles. The fourth-order valence-corrected chi connectivity index (χ4v) is 6.55. The Morgan fingerprint density at radius 1 is 1.27 bits per heavy atom. The fraction of sp³-hybridized carbons (Fsp3) is 0.419. The van der Waals surface area contributed by atoms with Crippen LogP contribution in [0.3, 0.4) is 0 Å². The lowest BCUT2D eigenvalue weighted by molar-refractivity contribution is 0.0737. The van der Waals surface area contributed by atoms with Gasteiger partial charge in [0, 0.05) is 37.4 Å². The van der Waals surface area contributed by atoms with Gasteiger partial charge in [-0.15, -0.1) is 0 Å². The van der Waals surface area contributed by atoms with E-state index in [0.717, 1.165) is 50.0 Å². The maximum atomic E-state index is 13.4. The summed E-state index contributed by atoms with van der Waals surface area (Å²) in [5, 5.41) is 16.7. The van der Waals surface area contributed by atoms with E-state index in [4.69, 9.17) is 21.3 Å². The predicted octanol–water partition coefficient (Wildman–Crippen LogP) is 5.71. The number of anilines is 2. The topological polar surface area (TPSA) is 103 Å². The van der Waals surface area contributed by atoms with Gasteiger partial charge in [-0.2, -0.15) is 5.26 Å². The molecule has 208 valence electrons. The number of rotatable bonds is 5. The third-order valence-corrected chi connectivity index (χ3v) is 8.84.